The van der Waals surface area contributed by atoms with E-state index in [1.807, 2.05) is 0 Å². The van der Waals surface area contributed by atoms with Crippen LogP contribution in [0, 0.1) is 0 Å². The average Bonchev–Trinajstić information content (AvgIpc) is 1.67. The molecule has 0 saturated carbocycles. The van der Waals surface area contributed by atoms with Crippen LogP contribution in [0.3, 0.4) is 0 Å². The third-order valence-electron chi connectivity index (χ3n) is 0.737. The lowest BCUT2D eigenvalue weighted by Crippen LogP contribution is -2.28. The van der Waals surface area contributed by atoms with E-state index in [9.17, 15) is 4.79 Å². The second-order valence-electron chi connectivity index (χ2n) is 1.44. The molecule has 0 fully saturated rings. The summed E-state index contributed by atoms with van der Waals surface area (Å²) in [5.74, 6) is -0.379. The summed E-state index contributed by atoms with van der Waals surface area (Å²) in [5, 5.41) is 0. The first-order chi connectivity index (χ1) is 3.50. The molecule has 0 aliphatic rings. The molecule has 0 saturated heterocycles. The molecule has 0 aliphatic heterocycles. The van der Waals surface area contributed by atoms with Crippen LogP contribution in [0.15, 0.2) is 0 Å². The van der Waals surface area contributed by atoms with Crippen molar-refractivity contribution in [3.63, 3.8) is 0 Å². The van der Waals surface area contributed by atoms with Crippen LogP contribution < -0.4 is 5.73 Å². The number of halogens is 2. The Hall–Kier alpha value is 0.210. The number of nitrogens with one attached hydrogen (secondary N) is 1. The first-order valence-corrected chi connectivity index (χ1v) is 2.80. The minimum Gasteiger partial charge on any atom is -0.297 e. The van der Waals surface area contributed by atoms with Gasteiger partial charge in [-0.05, 0) is 6.92 Å². The van der Waals surface area contributed by atoms with E-state index >= 15 is 0 Å². The number of alkyl halides is 2. The van der Waals surface area contributed by atoms with Crippen molar-refractivity contribution in [2.75, 3.05) is 6.54 Å². The zero-order valence-corrected chi connectivity index (χ0v) is 5.88. The molecule has 1 N–H and O–H groups in total. The molecule has 0 aromatic carbocycles. The largest absolute Gasteiger partial charge is 0.297 e. The van der Waals surface area contributed by atoms with Crippen LogP contribution in [0.1, 0.15) is 6.92 Å². The monoisotopic (exact) mass is 154 g/mol. The summed E-state index contributed by atoms with van der Waals surface area (Å²) in [7, 11) is 0. The Morgan fingerprint density at radius 1 is 1.75 bits per heavy atom. The summed E-state index contributed by atoms with van der Waals surface area (Å²) < 4.78 is -1.49. The SMILES string of the molecule is CC(=O)C(Cl)(Cl)C[NH]. The number of carbonyl (C=O) groups excluding carboxylic acids is 1. The van der Waals surface area contributed by atoms with Gasteiger partial charge in [0.25, 0.3) is 0 Å². The summed E-state index contributed by atoms with van der Waals surface area (Å²) in [4.78, 5) is 10.3. The molecule has 0 heterocycles. The quantitative estimate of drug-likeness (QED) is 0.549. The molecule has 0 aromatic rings. The number of hydrogen-bond acceptors (Lipinski definition) is 1. The molecule has 47 valence electrons. The zero-order chi connectivity index (χ0) is 6.78. The van der Waals surface area contributed by atoms with Crippen molar-refractivity contribution in [2.24, 2.45) is 0 Å². The van der Waals surface area contributed by atoms with Crippen LogP contribution in [0.25, 0.3) is 0 Å². The van der Waals surface area contributed by atoms with Crippen molar-refractivity contribution >= 4 is 29.0 Å². The maximum absolute atomic E-state index is 10.3. The fourth-order valence-corrected chi connectivity index (χ4v) is 0.124. The predicted octanol–water partition coefficient (Wildman–Crippen LogP) is 1.03. The fourth-order valence-electron chi connectivity index (χ4n) is 0.124. The van der Waals surface area contributed by atoms with Crippen molar-refractivity contribution in [1.29, 1.82) is 0 Å². The molecule has 0 aromatic heterocycles. The van der Waals surface area contributed by atoms with Gasteiger partial charge in [0.1, 0.15) is 0 Å². The summed E-state index contributed by atoms with van der Waals surface area (Å²) >= 11 is 10.6. The average molecular weight is 155 g/mol. The van der Waals surface area contributed by atoms with Gasteiger partial charge < -0.3 is 0 Å². The highest BCUT2D eigenvalue weighted by molar-refractivity contribution is 6.58. The minimum atomic E-state index is -1.49. The third kappa shape index (κ3) is 1.99. The highest BCUT2D eigenvalue weighted by Crippen LogP contribution is 2.19. The molecular formula is C4H6Cl2NO. The van der Waals surface area contributed by atoms with Crippen LogP contribution >= 0.6 is 23.2 Å². The fraction of sp³-hybridized carbons (Fsp3) is 0.750. The molecule has 0 spiro atoms. The number of ketones is 1. The molecule has 0 aliphatic carbocycles. The standard InChI is InChI=1S/C4H6Cl2NO/c1-3(8)4(5,6)2-7/h7H,2H2,1H3. The van der Waals surface area contributed by atoms with Crippen LogP contribution in [-0.4, -0.2) is 16.7 Å². The van der Waals surface area contributed by atoms with E-state index in [1.54, 1.807) is 0 Å². The highest BCUT2D eigenvalue weighted by Gasteiger charge is 2.27. The Balaban J connectivity index is 3.91. The van der Waals surface area contributed by atoms with Gasteiger partial charge >= 0.3 is 0 Å². The lowest BCUT2D eigenvalue weighted by Gasteiger charge is -2.09. The summed E-state index contributed by atoms with van der Waals surface area (Å²) in [6.45, 7) is 0.972. The van der Waals surface area contributed by atoms with Gasteiger partial charge in [-0.25, -0.2) is 0 Å². The minimum absolute atomic E-state index is 0.286. The van der Waals surface area contributed by atoms with Gasteiger partial charge in [-0.3, -0.25) is 10.5 Å². The molecule has 0 unspecified atom stereocenters. The topological polar surface area (TPSA) is 40.9 Å². The van der Waals surface area contributed by atoms with Crippen molar-refractivity contribution in [1.82, 2.24) is 5.73 Å². The van der Waals surface area contributed by atoms with Gasteiger partial charge in [-0.1, -0.05) is 23.2 Å². The molecule has 4 heteroatoms. The Bertz CT molecular complexity index is 102. The summed E-state index contributed by atoms with van der Waals surface area (Å²) in [5.41, 5.74) is 6.65. The molecular weight excluding hydrogens is 149 g/mol. The second kappa shape index (κ2) is 2.67. The van der Waals surface area contributed by atoms with E-state index in [2.05, 4.69) is 0 Å². The van der Waals surface area contributed by atoms with Crippen LogP contribution in [0.2, 0.25) is 0 Å². The molecule has 0 bridgehead atoms. The van der Waals surface area contributed by atoms with Gasteiger partial charge in [-0.15, -0.1) is 0 Å². The van der Waals surface area contributed by atoms with Gasteiger partial charge in [0.15, 0.2) is 10.1 Å². The van der Waals surface area contributed by atoms with E-state index in [0.29, 0.717) is 0 Å². The van der Waals surface area contributed by atoms with Crippen LogP contribution in [-0.2, 0) is 4.79 Å². The maximum Gasteiger partial charge on any atom is 0.189 e. The van der Waals surface area contributed by atoms with Gasteiger partial charge in [0.2, 0.25) is 0 Å². The van der Waals surface area contributed by atoms with Crippen LogP contribution in [0.5, 0.6) is 0 Å². The Labute approximate surface area is 57.9 Å². The molecule has 0 amide bonds. The van der Waals surface area contributed by atoms with E-state index in [4.69, 9.17) is 28.9 Å². The van der Waals surface area contributed by atoms with Gasteiger partial charge in [0.05, 0.1) is 6.54 Å². The van der Waals surface area contributed by atoms with Gasteiger partial charge in [-0.2, -0.15) is 0 Å². The maximum atomic E-state index is 10.3. The lowest BCUT2D eigenvalue weighted by atomic mass is 10.3. The Kier molecular flexibility index (Phi) is 2.74. The molecule has 8 heavy (non-hydrogen) atoms. The number of rotatable bonds is 2. The Morgan fingerprint density at radius 2 is 2.12 bits per heavy atom. The first kappa shape index (κ1) is 8.21. The second-order valence-corrected chi connectivity index (χ2v) is 2.92. The molecule has 0 atom stereocenters. The van der Waals surface area contributed by atoms with Crippen LogP contribution in [0.4, 0.5) is 0 Å². The van der Waals surface area contributed by atoms with Gasteiger partial charge in [0, 0.05) is 0 Å². The molecule has 1 radical (unpaired) electrons. The number of Topliss-reactive ketones (excluding diaryl/α,β-unsaturated/α-hetero) is 1. The van der Waals surface area contributed by atoms with E-state index < -0.39 is 4.33 Å². The molecule has 0 rings (SSSR count). The van der Waals surface area contributed by atoms with Crippen molar-refractivity contribution in [2.45, 2.75) is 11.3 Å². The summed E-state index contributed by atoms with van der Waals surface area (Å²) in [6, 6.07) is 0. The van der Waals surface area contributed by atoms with E-state index in [1.165, 1.54) is 6.92 Å². The first-order valence-electron chi connectivity index (χ1n) is 2.04. The van der Waals surface area contributed by atoms with Crippen molar-refractivity contribution in [3.8, 4) is 0 Å². The lowest BCUT2D eigenvalue weighted by molar-refractivity contribution is -0.117. The number of hydrogen-bond donors (Lipinski definition) is 0. The predicted molar refractivity (Wildman–Crippen MR) is 33.1 cm³/mol. The van der Waals surface area contributed by atoms with E-state index in [-0.39, 0.29) is 12.3 Å². The Morgan fingerprint density at radius 3 is 2.12 bits per heavy atom. The highest BCUT2D eigenvalue weighted by atomic mass is 35.5. The normalized spacial score (nSPS) is 11.5. The third-order valence-corrected chi connectivity index (χ3v) is 1.54. The smallest absolute Gasteiger partial charge is 0.189 e. The summed E-state index contributed by atoms with van der Waals surface area (Å²) in [6.07, 6.45) is 0. The van der Waals surface area contributed by atoms with Crippen molar-refractivity contribution in [3.05, 3.63) is 0 Å². The molecule has 2 nitrogen and oxygen atoms in total. The zero-order valence-electron chi connectivity index (χ0n) is 4.37. The van der Waals surface area contributed by atoms with E-state index in [0.717, 1.165) is 0 Å². The van der Waals surface area contributed by atoms with Crippen molar-refractivity contribution < 1.29 is 4.79 Å². The number of carbonyl (C=O) groups is 1.